The van der Waals surface area contributed by atoms with E-state index in [0.717, 1.165) is 56.4 Å². The summed E-state index contributed by atoms with van der Waals surface area (Å²) in [4.78, 5) is 14.4. The van der Waals surface area contributed by atoms with E-state index in [1.54, 1.807) is 14.2 Å². The zero-order valence-electron chi connectivity index (χ0n) is 21.7. The average Bonchev–Trinajstić information content (AvgIpc) is 2.84. The number of carbonyl (C=O) groups excluding carboxylic acids is 1. The highest BCUT2D eigenvalue weighted by Gasteiger charge is 2.21. The van der Waals surface area contributed by atoms with Crippen molar-refractivity contribution >= 4 is 15.7 Å². The van der Waals surface area contributed by atoms with Crippen LogP contribution in [-0.4, -0.2) is 84.3 Å². The van der Waals surface area contributed by atoms with Crippen LogP contribution < -0.4 is 14.8 Å². The molecular formula is C26H44N2O6S. The molecule has 0 unspecified atom stereocenters. The second-order valence-electron chi connectivity index (χ2n) is 9.32. The summed E-state index contributed by atoms with van der Waals surface area (Å²) < 4.78 is 39.3. The Hall–Kier alpha value is -1.84. The van der Waals surface area contributed by atoms with Gasteiger partial charge < -0.3 is 19.5 Å². The van der Waals surface area contributed by atoms with Crippen LogP contribution in [0, 0.1) is 5.92 Å². The van der Waals surface area contributed by atoms with Crippen LogP contribution in [-0.2, 0) is 25.8 Å². The molecular weight excluding hydrogens is 468 g/mol. The van der Waals surface area contributed by atoms with Crippen molar-refractivity contribution in [2.24, 2.45) is 5.92 Å². The molecule has 0 bridgehead atoms. The highest BCUT2D eigenvalue weighted by molar-refractivity contribution is 7.91. The fraction of sp³-hybridized carbons (Fsp3) is 0.731. The van der Waals surface area contributed by atoms with Crippen LogP contribution in [0.15, 0.2) is 18.2 Å². The number of aryl methyl sites for hydroxylation is 1. The van der Waals surface area contributed by atoms with Crippen molar-refractivity contribution in [1.82, 2.24) is 10.2 Å². The Morgan fingerprint density at radius 3 is 2.49 bits per heavy atom. The fourth-order valence-corrected chi connectivity index (χ4v) is 5.40. The minimum atomic E-state index is -2.86. The number of carbonyl (C=O) groups is 1. The molecule has 1 aromatic carbocycles. The van der Waals surface area contributed by atoms with Crippen LogP contribution in [0.25, 0.3) is 0 Å². The SMILES string of the molecule is COCCCOc1cc(CCCCCC[C@@H](C)C(=O)NCCN2CCS(=O)(=O)CC2)ccc1OC. The smallest absolute Gasteiger partial charge is 0.222 e. The highest BCUT2D eigenvalue weighted by atomic mass is 32.2. The van der Waals surface area contributed by atoms with Crippen molar-refractivity contribution in [1.29, 1.82) is 0 Å². The molecule has 0 saturated carbocycles. The molecule has 1 fully saturated rings. The number of rotatable bonds is 17. The van der Waals surface area contributed by atoms with E-state index in [1.807, 2.05) is 13.0 Å². The number of sulfone groups is 1. The number of hydrogen-bond acceptors (Lipinski definition) is 7. The number of unbranched alkanes of at least 4 members (excludes halogenated alkanes) is 3. The van der Waals surface area contributed by atoms with Gasteiger partial charge in [-0.1, -0.05) is 32.3 Å². The number of hydrogen-bond donors (Lipinski definition) is 1. The van der Waals surface area contributed by atoms with Crippen molar-refractivity contribution in [3.8, 4) is 11.5 Å². The summed E-state index contributed by atoms with van der Waals surface area (Å²) in [5, 5.41) is 3.00. The third-order valence-electron chi connectivity index (χ3n) is 6.44. The topological polar surface area (TPSA) is 94.2 Å². The summed E-state index contributed by atoms with van der Waals surface area (Å²) >= 11 is 0. The number of methoxy groups -OCH3 is 2. The lowest BCUT2D eigenvalue weighted by atomic mass is 10.00. The molecule has 1 aliphatic rings. The Kier molecular flexibility index (Phi) is 13.4. The van der Waals surface area contributed by atoms with Gasteiger partial charge in [-0.15, -0.1) is 0 Å². The lowest BCUT2D eigenvalue weighted by Crippen LogP contribution is -2.44. The van der Waals surface area contributed by atoms with Crippen LogP contribution in [0.1, 0.15) is 51.0 Å². The summed E-state index contributed by atoms with van der Waals surface area (Å²) in [6, 6.07) is 6.13. The first-order valence-electron chi connectivity index (χ1n) is 12.8. The molecule has 0 aliphatic carbocycles. The number of amides is 1. The molecule has 1 N–H and O–H groups in total. The van der Waals surface area contributed by atoms with Gasteiger partial charge in [0.25, 0.3) is 0 Å². The van der Waals surface area contributed by atoms with Gasteiger partial charge >= 0.3 is 0 Å². The van der Waals surface area contributed by atoms with E-state index < -0.39 is 9.84 Å². The van der Waals surface area contributed by atoms with E-state index >= 15 is 0 Å². The first-order chi connectivity index (χ1) is 16.8. The summed E-state index contributed by atoms with van der Waals surface area (Å²) in [5.74, 6) is 2.06. The van der Waals surface area contributed by atoms with Crippen LogP contribution in [0.2, 0.25) is 0 Å². The summed E-state index contributed by atoms with van der Waals surface area (Å²) in [6.45, 7) is 5.66. The predicted octanol–water partition coefficient (Wildman–Crippen LogP) is 3.09. The lowest BCUT2D eigenvalue weighted by molar-refractivity contribution is -0.124. The van der Waals surface area contributed by atoms with Gasteiger partial charge in [0.1, 0.15) is 0 Å². The van der Waals surface area contributed by atoms with E-state index in [4.69, 9.17) is 14.2 Å². The van der Waals surface area contributed by atoms with Gasteiger partial charge in [0.15, 0.2) is 21.3 Å². The molecule has 1 heterocycles. The molecule has 1 aliphatic heterocycles. The van der Waals surface area contributed by atoms with E-state index in [0.29, 0.717) is 39.4 Å². The second kappa shape index (κ2) is 16.0. The molecule has 2 rings (SSSR count). The molecule has 1 amide bonds. The lowest BCUT2D eigenvalue weighted by Gasteiger charge is -2.26. The fourth-order valence-electron chi connectivity index (χ4n) is 4.12. The molecule has 0 radical (unpaired) electrons. The van der Waals surface area contributed by atoms with Gasteiger partial charge in [0.05, 0.1) is 25.2 Å². The molecule has 1 aromatic rings. The molecule has 0 spiro atoms. The van der Waals surface area contributed by atoms with E-state index in [2.05, 4.69) is 22.3 Å². The molecule has 35 heavy (non-hydrogen) atoms. The van der Waals surface area contributed by atoms with Gasteiger partial charge in [0.2, 0.25) is 5.91 Å². The third-order valence-corrected chi connectivity index (χ3v) is 8.05. The molecule has 0 aromatic heterocycles. The number of nitrogens with zero attached hydrogens (tertiary/aromatic N) is 1. The van der Waals surface area contributed by atoms with Crippen LogP contribution in [0.4, 0.5) is 0 Å². The van der Waals surface area contributed by atoms with Crippen molar-refractivity contribution in [2.45, 2.75) is 51.9 Å². The Morgan fingerprint density at radius 2 is 1.77 bits per heavy atom. The third kappa shape index (κ3) is 11.6. The Labute approximate surface area is 211 Å². The summed E-state index contributed by atoms with van der Waals surface area (Å²) in [7, 11) is 0.484. The van der Waals surface area contributed by atoms with Gasteiger partial charge in [0, 0.05) is 52.2 Å². The Balaban J connectivity index is 1.56. The first-order valence-corrected chi connectivity index (χ1v) is 14.7. The molecule has 200 valence electrons. The Bertz CT molecular complexity index is 847. The van der Waals surface area contributed by atoms with Gasteiger partial charge in [-0.05, 0) is 37.0 Å². The number of ether oxygens (including phenoxy) is 3. The minimum absolute atomic E-state index is 0.00358. The number of benzene rings is 1. The van der Waals surface area contributed by atoms with E-state index in [-0.39, 0.29) is 23.3 Å². The largest absolute Gasteiger partial charge is 0.493 e. The predicted molar refractivity (Wildman–Crippen MR) is 139 cm³/mol. The van der Waals surface area contributed by atoms with E-state index in [1.165, 1.54) is 5.56 Å². The highest BCUT2D eigenvalue weighted by Crippen LogP contribution is 2.29. The Morgan fingerprint density at radius 1 is 1.03 bits per heavy atom. The van der Waals surface area contributed by atoms with E-state index in [9.17, 15) is 13.2 Å². The zero-order chi connectivity index (χ0) is 25.5. The normalized spacial score (nSPS) is 16.5. The molecule has 1 atom stereocenters. The van der Waals surface area contributed by atoms with Crippen LogP contribution in [0.5, 0.6) is 11.5 Å². The van der Waals surface area contributed by atoms with Crippen LogP contribution >= 0.6 is 0 Å². The van der Waals surface area contributed by atoms with Crippen molar-refractivity contribution in [3.63, 3.8) is 0 Å². The van der Waals surface area contributed by atoms with Crippen molar-refractivity contribution in [3.05, 3.63) is 23.8 Å². The number of nitrogens with one attached hydrogen (secondary N) is 1. The second-order valence-corrected chi connectivity index (χ2v) is 11.6. The summed E-state index contributed by atoms with van der Waals surface area (Å²) in [5.41, 5.74) is 1.24. The quantitative estimate of drug-likeness (QED) is 0.321. The molecule has 8 nitrogen and oxygen atoms in total. The van der Waals surface area contributed by atoms with Crippen molar-refractivity contribution in [2.75, 3.05) is 65.1 Å². The van der Waals surface area contributed by atoms with Gasteiger partial charge in [-0.25, -0.2) is 8.42 Å². The monoisotopic (exact) mass is 512 g/mol. The average molecular weight is 513 g/mol. The van der Waals surface area contributed by atoms with Gasteiger partial charge in [-0.3, -0.25) is 9.69 Å². The zero-order valence-corrected chi connectivity index (χ0v) is 22.5. The molecule has 9 heteroatoms. The van der Waals surface area contributed by atoms with Gasteiger partial charge in [-0.2, -0.15) is 0 Å². The molecule has 1 saturated heterocycles. The van der Waals surface area contributed by atoms with Crippen LogP contribution in [0.3, 0.4) is 0 Å². The maximum absolute atomic E-state index is 12.3. The standard InChI is InChI=1S/C26H44N2O6S/c1-22(26(29)27-13-14-28-15-19-35(30,31)20-16-28)9-6-4-5-7-10-23-11-12-24(33-3)25(21-23)34-18-8-17-32-2/h11-12,21-22H,4-10,13-20H2,1-3H3,(H,27,29)/t22-/m1/s1. The summed E-state index contributed by atoms with van der Waals surface area (Å²) in [6.07, 6.45) is 7.09. The maximum atomic E-state index is 12.3. The first kappa shape index (κ1) is 29.4. The minimum Gasteiger partial charge on any atom is -0.493 e. The van der Waals surface area contributed by atoms with Crippen molar-refractivity contribution < 1.29 is 27.4 Å². The maximum Gasteiger partial charge on any atom is 0.222 e.